The molecule has 0 aromatic heterocycles. The number of benzene rings is 4. The number of nitrogens with zero attached hydrogens (tertiary/aromatic N) is 5. The van der Waals surface area contributed by atoms with Gasteiger partial charge >= 0.3 is 0 Å². The van der Waals surface area contributed by atoms with Crippen LogP contribution in [0, 0.1) is 0 Å². The molecule has 414 valence electrons. The zero-order chi connectivity index (χ0) is 56.9. The Labute approximate surface area is 456 Å². The maximum Gasteiger partial charge on any atom is 0.253 e. The third-order valence-electron chi connectivity index (χ3n) is 15.2. The van der Waals surface area contributed by atoms with Gasteiger partial charge in [0.2, 0.25) is 5.71 Å². The van der Waals surface area contributed by atoms with Crippen LogP contribution in [-0.2, 0) is 76.5 Å². The lowest BCUT2D eigenvalue weighted by atomic mass is 9.81. The van der Waals surface area contributed by atoms with Crippen LogP contribution in [0.15, 0.2) is 134 Å². The molecule has 1 unspecified atom stereocenters. The number of hydrogen-bond donors (Lipinski definition) is 0. The number of rotatable bonds is 13. The summed E-state index contributed by atoms with van der Waals surface area (Å²) in [6.07, 6.45) is 13.2. The molecular formula is C53H48N5O17S4-3. The second-order valence-corrected chi connectivity index (χ2v) is 25.1. The van der Waals surface area contributed by atoms with E-state index in [1.54, 1.807) is 26.0 Å². The van der Waals surface area contributed by atoms with Gasteiger partial charge < -0.3 is 36.9 Å². The van der Waals surface area contributed by atoms with Crippen molar-refractivity contribution in [2.24, 2.45) is 0 Å². The van der Waals surface area contributed by atoms with E-state index in [4.69, 9.17) is 8.92 Å². The van der Waals surface area contributed by atoms with Crippen molar-refractivity contribution in [3.05, 3.63) is 131 Å². The van der Waals surface area contributed by atoms with Gasteiger partial charge in [-0.05, 0) is 94.7 Å². The molecule has 1 saturated carbocycles. The van der Waals surface area contributed by atoms with E-state index in [0.29, 0.717) is 79.1 Å². The topological polar surface area (TPSA) is 314 Å². The number of amides is 4. The van der Waals surface area contributed by atoms with Gasteiger partial charge in [-0.1, -0.05) is 45.9 Å². The van der Waals surface area contributed by atoms with E-state index in [1.165, 1.54) is 18.2 Å². The van der Waals surface area contributed by atoms with Crippen LogP contribution in [0.3, 0.4) is 0 Å². The lowest BCUT2D eigenvalue weighted by molar-refractivity contribution is -0.548. The summed E-state index contributed by atoms with van der Waals surface area (Å²) in [7, 11) is -15.8. The van der Waals surface area contributed by atoms with Gasteiger partial charge in [-0.2, -0.15) is 0 Å². The van der Waals surface area contributed by atoms with E-state index in [1.807, 2.05) is 48.0 Å². The molecule has 0 bridgehead atoms. The van der Waals surface area contributed by atoms with Crippen LogP contribution in [0.2, 0.25) is 0 Å². The smallest absolute Gasteiger partial charge is 0.253 e. The fourth-order valence-electron chi connectivity index (χ4n) is 11.7. The minimum absolute atomic E-state index is 0.0160. The fraction of sp³-hybridized carbons (Fsp3) is 0.302. The molecule has 4 aromatic carbocycles. The molecule has 26 heteroatoms. The first-order chi connectivity index (χ1) is 37.1. The summed E-state index contributed by atoms with van der Waals surface area (Å²) in [5.41, 5.74) is 3.45. The number of morpholine rings is 1. The first-order valence-electron chi connectivity index (χ1n) is 24.6. The van der Waals surface area contributed by atoms with Gasteiger partial charge in [-0.15, -0.1) is 0 Å². The number of ether oxygens (including phenoxy) is 1. The molecule has 6 aliphatic rings. The zero-order valence-corrected chi connectivity index (χ0v) is 45.9. The molecule has 22 nitrogen and oxygen atoms in total. The summed E-state index contributed by atoms with van der Waals surface area (Å²) in [6.45, 7) is 9.02. The van der Waals surface area contributed by atoms with Crippen LogP contribution in [-0.4, -0.2) is 144 Å². The van der Waals surface area contributed by atoms with Crippen LogP contribution < -0.4 is 14.0 Å². The number of carbonyl (C=O) groups is 4. The van der Waals surface area contributed by atoms with Gasteiger partial charge in [0.15, 0.2) is 13.1 Å². The molecule has 1 aliphatic carbocycles. The maximum absolute atomic E-state index is 12.8. The van der Waals surface area contributed by atoms with Crippen molar-refractivity contribution in [1.82, 2.24) is 9.80 Å². The average Bonchev–Trinajstić information content (AvgIpc) is 4.36. The number of imide groups is 2. The van der Waals surface area contributed by atoms with Crippen molar-refractivity contribution in [3.63, 3.8) is 0 Å². The van der Waals surface area contributed by atoms with Crippen LogP contribution in [0.5, 0.6) is 5.75 Å². The third-order valence-corrected chi connectivity index (χ3v) is 18.0. The molecule has 0 spiro atoms. The van der Waals surface area contributed by atoms with E-state index < -0.39 is 96.6 Å². The maximum atomic E-state index is 12.8. The van der Waals surface area contributed by atoms with Crippen molar-refractivity contribution < 1.29 is 80.3 Å². The number of anilines is 2. The first-order valence-corrected chi connectivity index (χ1v) is 29.8. The molecule has 4 aromatic rings. The number of hydrogen-bond acceptors (Lipinski definition) is 19. The van der Waals surface area contributed by atoms with E-state index in [2.05, 4.69) is 4.58 Å². The molecule has 5 heterocycles. The van der Waals surface area contributed by atoms with E-state index in [9.17, 15) is 66.9 Å². The second kappa shape index (κ2) is 20.0. The Hall–Kier alpha value is -7.01. The summed E-state index contributed by atoms with van der Waals surface area (Å²) >= 11 is -3.16. The van der Waals surface area contributed by atoms with Crippen molar-refractivity contribution in [2.45, 2.75) is 66.1 Å². The van der Waals surface area contributed by atoms with E-state index >= 15 is 0 Å². The van der Waals surface area contributed by atoms with Crippen LogP contribution in [0.4, 0.5) is 11.4 Å². The zero-order valence-electron chi connectivity index (χ0n) is 42.6. The minimum atomic E-state index is -5.33. The number of carbonyl (C=O) groups excluding carboxylic acids is 4. The van der Waals surface area contributed by atoms with Crippen LogP contribution >= 0.6 is 0 Å². The summed E-state index contributed by atoms with van der Waals surface area (Å²) in [5, 5.41) is 0.297. The Kier molecular flexibility index (Phi) is 14.0. The first kappa shape index (κ1) is 55.3. The molecule has 2 fully saturated rings. The molecule has 10 rings (SSSR count). The highest BCUT2D eigenvalue weighted by Gasteiger charge is 2.45. The summed E-state index contributed by atoms with van der Waals surface area (Å²) in [6, 6.07) is 9.74. The van der Waals surface area contributed by atoms with Crippen LogP contribution in [0.25, 0.3) is 21.5 Å². The van der Waals surface area contributed by atoms with E-state index in [-0.39, 0.29) is 47.7 Å². The quantitative estimate of drug-likeness (QED) is 0.0800. The number of allylic oxidation sites excluding steroid dienone is 8. The lowest BCUT2D eigenvalue weighted by Gasteiger charge is -2.28. The van der Waals surface area contributed by atoms with Crippen LogP contribution in [0.1, 0.15) is 51.7 Å². The van der Waals surface area contributed by atoms with Crippen molar-refractivity contribution >= 4 is 104 Å². The van der Waals surface area contributed by atoms with Gasteiger partial charge in [-0.25, -0.2) is 34.0 Å². The normalized spacial score (nSPS) is 21.7. The molecule has 1 saturated heterocycles. The van der Waals surface area contributed by atoms with Gasteiger partial charge in [-0.3, -0.25) is 29.0 Å². The monoisotopic (exact) mass is 1150 g/mol. The molecule has 5 aliphatic heterocycles. The molecule has 4 amide bonds. The highest BCUT2D eigenvalue weighted by molar-refractivity contribution is 7.86. The van der Waals surface area contributed by atoms with Crippen molar-refractivity contribution in [3.8, 4) is 5.75 Å². The summed E-state index contributed by atoms with van der Waals surface area (Å²) in [4.78, 5) is 54.5. The Morgan fingerprint density at radius 2 is 1.00 bits per heavy atom. The van der Waals surface area contributed by atoms with E-state index in [0.717, 1.165) is 63.1 Å². The molecule has 79 heavy (non-hydrogen) atoms. The molecule has 0 radical (unpaired) electrons. The SMILES string of the molecule is CC1(C)/C(=C/C=C2\CC/C(=C\C=C3/N(CCN4C(=O)C=CC4=O)c4ccc5c(S(=O)(=O)[O-])cc(S(=O)(=O)[O-])cc5c4C3(C)C)C2=[N+]2CCOCC2)N(CCN2C(=O)C=CC2=O)c2ccc3c(OS(=O)[O-])cc(S(=O)(=O)[O-])cc3c21. The Balaban J connectivity index is 1.11. The standard InChI is InChI=1S/C53H51N5O17S4/c1-52(2)43(55(19-21-57-45(59)15-16-46(57)60)39-11-9-35-37(49(39)52)27-33(77(65,66)67)29-41(35)75-76(63)64)13-7-31-5-6-32(51(31)54-23-25-74-26-24-54)8-14-44-53(3,4)50-38-28-34(78(68,69)70)30-42(79(71,72)73)36(38)10-12-40(50)56(44)20-22-58-47(61)17-18-48(58)62/h7-18,27-30H,5-6,19-26H2,1-4H3,(H3-,63,64,65,66,67,68,69,70,71,72,73)/p-3. The predicted molar refractivity (Wildman–Crippen MR) is 281 cm³/mol. The van der Waals surface area contributed by atoms with Gasteiger partial charge in [0.1, 0.15) is 60.7 Å². The summed E-state index contributed by atoms with van der Waals surface area (Å²) in [5.74, 6) is -2.49. The highest BCUT2D eigenvalue weighted by Crippen LogP contribution is 2.54. The van der Waals surface area contributed by atoms with Crippen molar-refractivity contribution in [2.75, 3.05) is 62.3 Å². The van der Waals surface area contributed by atoms with Gasteiger partial charge in [0.25, 0.3) is 23.6 Å². The van der Waals surface area contributed by atoms with Crippen molar-refractivity contribution in [1.29, 1.82) is 0 Å². The molecular weight excluding hydrogens is 1110 g/mol. The van der Waals surface area contributed by atoms with Gasteiger partial charge in [0.05, 0.1) is 14.7 Å². The third kappa shape index (κ3) is 9.98. The number of fused-ring (bicyclic) bond motifs is 6. The summed E-state index contributed by atoms with van der Waals surface area (Å²) < 4.78 is 150. The largest absolute Gasteiger partial charge is 0.744 e. The predicted octanol–water partition coefficient (Wildman–Crippen LogP) is 3.52. The Morgan fingerprint density at radius 3 is 1.43 bits per heavy atom. The highest BCUT2D eigenvalue weighted by atomic mass is 32.2. The average molecular weight is 1160 g/mol. The fourth-order valence-corrected chi connectivity index (χ4v) is 13.8. The lowest BCUT2D eigenvalue weighted by Crippen LogP contribution is -2.38. The molecule has 0 N–H and O–H groups in total. The van der Waals surface area contributed by atoms with Gasteiger partial charge in [0, 0.05) is 101 Å². The Morgan fingerprint density at radius 1 is 0.582 bits per heavy atom. The Bertz CT molecular complexity index is 4000. The minimum Gasteiger partial charge on any atom is -0.744 e. The second-order valence-electron chi connectivity index (χ2n) is 20.4. The molecule has 1 atom stereocenters.